The third kappa shape index (κ3) is 3.15. The van der Waals surface area contributed by atoms with E-state index in [1.807, 2.05) is 26.0 Å². The number of rotatable bonds is 4. The smallest absolute Gasteiger partial charge is 0.261 e. The molecule has 1 atom stereocenters. The molecular weight excluding hydrogens is 356 g/mol. The standard InChI is InChI=1S/C21H20N4O3/c1-12(2)25-11-22-17-8-7-13(9-16(17)21(25)28)23-19(26)10-18-14-5-3-4-6-15(14)20(27)24-18/h3-9,11-12,18H,10H2,1-2H3,(H,23,26)(H,24,27)/t18-/m0/s1. The Labute approximate surface area is 161 Å². The molecule has 0 unspecified atom stereocenters. The van der Waals surface area contributed by atoms with Crippen LogP contribution in [0.1, 0.15) is 48.3 Å². The number of aromatic nitrogens is 2. The lowest BCUT2D eigenvalue weighted by atomic mass is 10.0. The van der Waals surface area contributed by atoms with Crippen LogP contribution in [0.2, 0.25) is 0 Å². The van der Waals surface area contributed by atoms with E-state index in [1.54, 1.807) is 34.9 Å². The van der Waals surface area contributed by atoms with E-state index in [2.05, 4.69) is 15.6 Å². The first kappa shape index (κ1) is 17.9. The average molecular weight is 376 g/mol. The lowest BCUT2D eigenvalue weighted by Gasteiger charge is -2.13. The second-order valence-electron chi connectivity index (χ2n) is 7.15. The van der Waals surface area contributed by atoms with Crippen molar-refractivity contribution in [1.29, 1.82) is 0 Å². The zero-order chi connectivity index (χ0) is 19.8. The summed E-state index contributed by atoms with van der Waals surface area (Å²) in [6.07, 6.45) is 1.65. The number of hydrogen-bond acceptors (Lipinski definition) is 4. The topological polar surface area (TPSA) is 93.1 Å². The Morgan fingerprint density at radius 2 is 2.00 bits per heavy atom. The highest BCUT2D eigenvalue weighted by molar-refractivity contribution is 6.01. The molecule has 4 rings (SSSR count). The van der Waals surface area contributed by atoms with Crippen LogP contribution in [0.15, 0.2) is 53.6 Å². The third-order valence-corrected chi connectivity index (χ3v) is 4.90. The minimum absolute atomic E-state index is 0.00584. The van der Waals surface area contributed by atoms with Gasteiger partial charge < -0.3 is 10.6 Å². The monoisotopic (exact) mass is 376 g/mol. The fraction of sp³-hybridized carbons (Fsp3) is 0.238. The molecule has 2 aromatic carbocycles. The van der Waals surface area contributed by atoms with Crippen LogP contribution in [-0.2, 0) is 4.79 Å². The number of carbonyl (C=O) groups is 2. The Bertz CT molecular complexity index is 1150. The first-order valence-corrected chi connectivity index (χ1v) is 9.14. The van der Waals surface area contributed by atoms with Crippen molar-refractivity contribution in [2.75, 3.05) is 5.32 Å². The molecule has 7 nitrogen and oxygen atoms in total. The van der Waals surface area contributed by atoms with Crippen LogP contribution in [0.25, 0.3) is 10.9 Å². The van der Waals surface area contributed by atoms with Crippen molar-refractivity contribution < 1.29 is 9.59 Å². The van der Waals surface area contributed by atoms with Crippen LogP contribution < -0.4 is 16.2 Å². The molecule has 0 saturated heterocycles. The molecular formula is C21H20N4O3. The Kier molecular flexibility index (Phi) is 4.43. The van der Waals surface area contributed by atoms with Gasteiger partial charge in [0.1, 0.15) is 0 Å². The zero-order valence-electron chi connectivity index (χ0n) is 15.6. The molecule has 2 amide bonds. The molecule has 3 aromatic rings. The first-order valence-electron chi connectivity index (χ1n) is 9.14. The summed E-state index contributed by atoms with van der Waals surface area (Å²) < 4.78 is 1.55. The van der Waals surface area contributed by atoms with E-state index in [1.165, 1.54) is 6.33 Å². The van der Waals surface area contributed by atoms with E-state index in [9.17, 15) is 14.4 Å². The van der Waals surface area contributed by atoms with Crippen molar-refractivity contribution in [1.82, 2.24) is 14.9 Å². The highest BCUT2D eigenvalue weighted by Gasteiger charge is 2.29. The molecule has 0 bridgehead atoms. The molecule has 0 radical (unpaired) electrons. The van der Waals surface area contributed by atoms with E-state index in [0.29, 0.717) is 22.2 Å². The van der Waals surface area contributed by atoms with E-state index in [-0.39, 0.29) is 35.9 Å². The third-order valence-electron chi connectivity index (χ3n) is 4.90. The molecule has 0 fully saturated rings. The summed E-state index contributed by atoms with van der Waals surface area (Å²) in [5.74, 6) is -0.408. The highest BCUT2D eigenvalue weighted by atomic mass is 16.2. The maximum Gasteiger partial charge on any atom is 0.261 e. The molecule has 0 aliphatic carbocycles. The minimum Gasteiger partial charge on any atom is -0.345 e. The molecule has 0 saturated carbocycles. The van der Waals surface area contributed by atoms with Crippen molar-refractivity contribution in [2.24, 2.45) is 0 Å². The maximum atomic E-state index is 12.6. The van der Waals surface area contributed by atoms with E-state index >= 15 is 0 Å². The SMILES string of the molecule is CC(C)n1cnc2ccc(NC(=O)C[C@@H]3NC(=O)c4ccccc43)cc2c1=O. The summed E-state index contributed by atoms with van der Waals surface area (Å²) in [7, 11) is 0. The van der Waals surface area contributed by atoms with Gasteiger partial charge in [-0.1, -0.05) is 18.2 Å². The molecule has 0 spiro atoms. The number of carbonyl (C=O) groups excluding carboxylic acids is 2. The van der Waals surface area contributed by atoms with Crippen molar-refractivity contribution in [3.63, 3.8) is 0 Å². The van der Waals surface area contributed by atoms with Gasteiger partial charge in [0.2, 0.25) is 5.91 Å². The second kappa shape index (κ2) is 6.92. The highest BCUT2D eigenvalue weighted by Crippen LogP contribution is 2.28. The van der Waals surface area contributed by atoms with Crippen LogP contribution in [0.3, 0.4) is 0 Å². The van der Waals surface area contributed by atoms with Crippen LogP contribution in [0, 0.1) is 0 Å². The summed E-state index contributed by atoms with van der Waals surface area (Å²) in [6.45, 7) is 3.82. The van der Waals surface area contributed by atoms with Crippen LogP contribution in [-0.4, -0.2) is 21.4 Å². The first-order chi connectivity index (χ1) is 13.4. The molecule has 28 heavy (non-hydrogen) atoms. The van der Waals surface area contributed by atoms with E-state index in [4.69, 9.17) is 0 Å². The summed E-state index contributed by atoms with van der Waals surface area (Å²) in [5.41, 5.74) is 2.39. The predicted octanol–water partition coefficient (Wildman–Crippen LogP) is 2.79. The molecule has 142 valence electrons. The number of benzene rings is 2. The number of nitrogens with one attached hydrogen (secondary N) is 2. The molecule has 2 N–H and O–H groups in total. The maximum absolute atomic E-state index is 12.6. The number of hydrogen-bond donors (Lipinski definition) is 2. The quantitative estimate of drug-likeness (QED) is 0.732. The second-order valence-corrected chi connectivity index (χ2v) is 7.15. The fourth-order valence-electron chi connectivity index (χ4n) is 3.46. The Hall–Kier alpha value is -3.48. The molecule has 1 aliphatic rings. The lowest BCUT2D eigenvalue weighted by Crippen LogP contribution is -2.24. The summed E-state index contributed by atoms with van der Waals surface area (Å²) in [6, 6.07) is 12.0. The van der Waals surface area contributed by atoms with Crippen molar-refractivity contribution in [2.45, 2.75) is 32.4 Å². The van der Waals surface area contributed by atoms with E-state index < -0.39 is 0 Å². The number of fused-ring (bicyclic) bond motifs is 2. The van der Waals surface area contributed by atoms with Gasteiger partial charge in [-0.3, -0.25) is 19.0 Å². The summed E-state index contributed by atoms with van der Waals surface area (Å²) >= 11 is 0. The van der Waals surface area contributed by atoms with Gasteiger partial charge in [0.25, 0.3) is 11.5 Å². The van der Waals surface area contributed by atoms with Gasteiger partial charge in [0.05, 0.1) is 29.7 Å². The largest absolute Gasteiger partial charge is 0.345 e. The van der Waals surface area contributed by atoms with Crippen LogP contribution in [0.5, 0.6) is 0 Å². The van der Waals surface area contributed by atoms with Crippen molar-refractivity contribution >= 4 is 28.4 Å². The lowest BCUT2D eigenvalue weighted by molar-refractivity contribution is -0.116. The summed E-state index contributed by atoms with van der Waals surface area (Å²) in [5, 5.41) is 6.10. The van der Waals surface area contributed by atoms with Crippen molar-refractivity contribution in [3.05, 3.63) is 70.3 Å². The summed E-state index contributed by atoms with van der Waals surface area (Å²) in [4.78, 5) is 41.4. The fourth-order valence-corrected chi connectivity index (χ4v) is 3.46. The molecule has 1 aromatic heterocycles. The van der Waals surface area contributed by atoms with Gasteiger partial charge >= 0.3 is 0 Å². The van der Waals surface area contributed by atoms with Gasteiger partial charge in [0.15, 0.2) is 0 Å². The van der Waals surface area contributed by atoms with Gasteiger partial charge in [0, 0.05) is 17.3 Å². The minimum atomic E-state index is -0.357. The molecule has 1 aliphatic heterocycles. The number of nitrogens with zero attached hydrogens (tertiary/aromatic N) is 2. The normalized spacial score (nSPS) is 15.5. The molecule has 2 heterocycles. The van der Waals surface area contributed by atoms with Crippen LogP contribution >= 0.6 is 0 Å². The van der Waals surface area contributed by atoms with Gasteiger partial charge in [-0.25, -0.2) is 4.98 Å². The van der Waals surface area contributed by atoms with Gasteiger partial charge in [-0.2, -0.15) is 0 Å². The average Bonchev–Trinajstić information content (AvgIpc) is 2.98. The Morgan fingerprint density at radius 3 is 2.79 bits per heavy atom. The van der Waals surface area contributed by atoms with E-state index in [0.717, 1.165) is 5.56 Å². The van der Waals surface area contributed by atoms with Gasteiger partial charge in [-0.15, -0.1) is 0 Å². The number of amides is 2. The number of anilines is 1. The molecule has 7 heteroatoms. The van der Waals surface area contributed by atoms with Crippen LogP contribution in [0.4, 0.5) is 5.69 Å². The Morgan fingerprint density at radius 1 is 1.21 bits per heavy atom. The van der Waals surface area contributed by atoms with Crippen molar-refractivity contribution in [3.8, 4) is 0 Å². The Balaban J connectivity index is 1.55. The zero-order valence-corrected chi connectivity index (χ0v) is 15.6. The van der Waals surface area contributed by atoms with Gasteiger partial charge in [-0.05, 0) is 43.7 Å². The predicted molar refractivity (Wildman–Crippen MR) is 106 cm³/mol.